The van der Waals surface area contributed by atoms with Gasteiger partial charge in [0.15, 0.2) is 0 Å². The van der Waals surface area contributed by atoms with E-state index in [9.17, 15) is 4.79 Å². The molecule has 0 saturated heterocycles. The summed E-state index contributed by atoms with van der Waals surface area (Å²) in [6.45, 7) is 3.96. The molecule has 0 bridgehead atoms. The van der Waals surface area contributed by atoms with Crippen LogP contribution in [0.4, 0.5) is 0 Å². The largest absolute Gasteiger partial charge is 0.491 e. The van der Waals surface area contributed by atoms with Crippen LogP contribution in [0.25, 0.3) is 11.8 Å². The van der Waals surface area contributed by atoms with E-state index in [1.165, 1.54) is 0 Å². The Balaban J connectivity index is 1.81. The normalized spacial score (nSPS) is 15.6. The lowest BCUT2D eigenvalue weighted by Crippen LogP contribution is -2.05. The average Bonchev–Trinajstić information content (AvgIpc) is 2.90. The highest BCUT2D eigenvalue weighted by atomic mass is 35.5. The Bertz CT molecular complexity index is 800. The number of esters is 1. The molecular weight excluding hydrogens is 324 g/mol. The molecule has 0 aliphatic carbocycles. The van der Waals surface area contributed by atoms with Crippen LogP contribution in [-0.2, 0) is 9.53 Å². The van der Waals surface area contributed by atoms with Gasteiger partial charge in [0.25, 0.3) is 0 Å². The van der Waals surface area contributed by atoms with Crippen LogP contribution in [0.5, 0.6) is 5.75 Å². The molecule has 0 fully saturated rings. The summed E-state index contributed by atoms with van der Waals surface area (Å²) < 4.78 is 10.9. The quantitative estimate of drug-likeness (QED) is 0.573. The molecule has 0 saturated carbocycles. The maximum absolute atomic E-state index is 12.0. The predicted molar refractivity (Wildman–Crippen MR) is 95.7 cm³/mol. The molecule has 3 nitrogen and oxygen atoms in total. The summed E-state index contributed by atoms with van der Waals surface area (Å²) in [5.41, 5.74) is 2.24. The third kappa shape index (κ3) is 3.87. The highest BCUT2D eigenvalue weighted by Gasteiger charge is 2.21. The van der Waals surface area contributed by atoms with E-state index in [1.807, 2.05) is 50.2 Å². The first-order valence-corrected chi connectivity index (χ1v) is 8.07. The van der Waals surface area contributed by atoms with Crippen molar-refractivity contribution in [2.45, 2.75) is 20.0 Å². The molecule has 0 amide bonds. The third-order valence-electron chi connectivity index (χ3n) is 3.43. The Labute approximate surface area is 146 Å². The first-order chi connectivity index (χ1) is 11.5. The predicted octanol–water partition coefficient (Wildman–Crippen LogP) is 5.11. The highest BCUT2D eigenvalue weighted by Crippen LogP contribution is 2.28. The monoisotopic (exact) mass is 340 g/mol. The van der Waals surface area contributed by atoms with Crippen molar-refractivity contribution in [3.63, 3.8) is 0 Å². The van der Waals surface area contributed by atoms with E-state index < -0.39 is 0 Å². The SMILES string of the molecule is CC(C)Oc1ccc(/C=C2\C=C(c3ccc(Cl)cc3)OC2=O)cc1. The first kappa shape index (κ1) is 16.3. The maximum Gasteiger partial charge on any atom is 0.343 e. The molecule has 122 valence electrons. The van der Waals surface area contributed by atoms with E-state index in [2.05, 4.69) is 0 Å². The van der Waals surface area contributed by atoms with Crippen molar-refractivity contribution in [3.05, 3.63) is 76.3 Å². The molecular formula is C20H17ClO3. The minimum atomic E-state index is -0.359. The van der Waals surface area contributed by atoms with E-state index in [1.54, 1.807) is 24.3 Å². The number of ether oxygens (including phenoxy) is 2. The van der Waals surface area contributed by atoms with Gasteiger partial charge in [0.05, 0.1) is 11.7 Å². The molecule has 3 rings (SSSR count). The number of halogens is 1. The Kier molecular flexibility index (Phi) is 4.72. The highest BCUT2D eigenvalue weighted by molar-refractivity contribution is 6.30. The van der Waals surface area contributed by atoms with Crippen molar-refractivity contribution >= 4 is 29.4 Å². The Morgan fingerprint density at radius 2 is 1.71 bits per heavy atom. The van der Waals surface area contributed by atoms with Gasteiger partial charge in [-0.1, -0.05) is 23.7 Å². The summed E-state index contributed by atoms with van der Waals surface area (Å²) in [5.74, 6) is 0.976. The smallest absolute Gasteiger partial charge is 0.343 e. The van der Waals surface area contributed by atoms with Gasteiger partial charge in [0.1, 0.15) is 11.5 Å². The molecule has 4 heteroatoms. The van der Waals surface area contributed by atoms with Crippen molar-refractivity contribution in [1.82, 2.24) is 0 Å². The van der Waals surface area contributed by atoms with E-state index in [0.717, 1.165) is 16.9 Å². The van der Waals surface area contributed by atoms with Crippen molar-refractivity contribution < 1.29 is 14.3 Å². The molecule has 0 unspecified atom stereocenters. The number of benzene rings is 2. The van der Waals surface area contributed by atoms with Crippen LogP contribution < -0.4 is 4.74 Å². The molecule has 0 radical (unpaired) electrons. The van der Waals surface area contributed by atoms with Crippen molar-refractivity contribution in [3.8, 4) is 5.75 Å². The fraction of sp³-hybridized carbons (Fsp3) is 0.150. The van der Waals surface area contributed by atoms with E-state index in [-0.39, 0.29) is 12.1 Å². The summed E-state index contributed by atoms with van der Waals surface area (Å²) in [7, 11) is 0. The van der Waals surface area contributed by atoms with Crippen LogP contribution in [-0.4, -0.2) is 12.1 Å². The van der Waals surface area contributed by atoms with Gasteiger partial charge in [-0.3, -0.25) is 0 Å². The Hall–Kier alpha value is -2.52. The van der Waals surface area contributed by atoms with Crippen LogP contribution in [0.2, 0.25) is 5.02 Å². The molecule has 2 aromatic carbocycles. The lowest BCUT2D eigenvalue weighted by molar-refractivity contribution is -0.130. The Morgan fingerprint density at radius 3 is 2.33 bits per heavy atom. The summed E-state index contributed by atoms with van der Waals surface area (Å²) >= 11 is 5.88. The van der Waals surface area contributed by atoms with Gasteiger partial charge in [-0.25, -0.2) is 4.79 Å². The van der Waals surface area contributed by atoms with Gasteiger partial charge in [-0.15, -0.1) is 0 Å². The van der Waals surface area contributed by atoms with Crippen LogP contribution in [0, 0.1) is 0 Å². The van der Waals surface area contributed by atoms with E-state index in [0.29, 0.717) is 16.4 Å². The minimum absolute atomic E-state index is 0.129. The van der Waals surface area contributed by atoms with Crippen LogP contribution >= 0.6 is 11.6 Å². The van der Waals surface area contributed by atoms with Gasteiger partial charge in [-0.2, -0.15) is 0 Å². The second kappa shape index (κ2) is 6.93. The molecule has 1 aliphatic heterocycles. The number of rotatable bonds is 4. The number of carbonyl (C=O) groups is 1. The molecule has 24 heavy (non-hydrogen) atoms. The molecule has 0 N–H and O–H groups in total. The van der Waals surface area contributed by atoms with E-state index >= 15 is 0 Å². The number of carbonyl (C=O) groups excluding carboxylic acids is 1. The second-order valence-corrected chi connectivity index (χ2v) is 6.18. The summed E-state index contributed by atoms with van der Waals surface area (Å²) in [5, 5.41) is 0.642. The van der Waals surface area contributed by atoms with Crippen LogP contribution in [0.15, 0.2) is 60.2 Å². The van der Waals surface area contributed by atoms with Crippen molar-refractivity contribution in [1.29, 1.82) is 0 Å². The van der Waals surface area contributed by atoms with Gasteiger partial charge in [-0.05, 0) is 68.0 Å². The fourth-order valence-corrected chi connectivity index (χ4v) is 2.47. The second-order valence-electron chi connectivity index (χ2n) is 5.74. The lowest BCUT2D eigenvalue weighted by Gasteiger charge is -2.09. The van der Waals surface area contributed by atoms with Gasteiger partial charge < -0.3 is 9.47 Å². The molecule has 2 aromatic rings. The van der Waals surface area contributed by atoms with Gasteiger partial charge in [0.2, 0.25) is 0 Å². The maximum atomic E-state index is 12.0. The molecule has 1 heterocycles. The zero-order valence-corrected chi connectivity index (χ0v) is 14.2. The van der Waals surface area contributed by atoms with Crippen molar-refractivity contribution in [2.75, 3.05) is 0 Å². The molecule has 0 atom stereocenters. The number of hydrogen-bond acceptors (Lipinski definition) is 3. The number of hydrogen-bond donors (Lipinski definition) is 0. The fourth-order valence-electron chi connectivity index (χ4n) is 2.34. The van der Waals surface area contributed by atoms with Gasteiger partial charge >= 0.3 is 5.97 Å². The molecule has 1 aliphatic rings. The Morgan fingerprint density at radius 1 is 1.04 bits per heavy atom. The minimum Gasteiger partial charge on any atom is -0.491 e. The summed E-state index contributed by atoms with van der Waals surface area (Å²) in [4.78, 5) is 12.0. The standard InChI is InChI=1S/C20H17ClO3/c1-13(2)23-18-9-3-14(4-10-18)11-16-12-19(24-20(16)22)15-5-7-17(21)8-6-15/h3-13H,1-2H3/b16-11+. The van der Waals surface area contributed by atoms with Crippen LogP contribution in [0.1, 0.15) is 25.0 Å². The van der Waals surface area contributed by atoms with Crippen molar-refractivity contribution in [2.24, 2.45) is 0 Å². The third-order valence-corrected chi connectivity index (χ3v) is 3.68. The summed E-state index contributed by atoms with van der Waals surface area (Å²) in [6, 6.07) is 14.8. The van der Waals surface area contributed by atoms with E-state index in [4.69, 9.17) is 21.1 Å². The number of cyclic esters (lactones) is 1. The zero-order chi connectivity index (χ0) is 17.1. The lowest BCUT2D eigenvalue weighted by atomic mass is 10.1. The van der Waals surface area contributed by atoms with Gasteiger partial charge in [0, 0.05) is 10.6 Å². The molecule has 0 aromatic heterocycles. The van der Waals surface area contributed by atoms with Crippen LogP contribution in [0.3, 0.4) is 0 Å². The molecule has 0 spiro atoms. The zero-order valence-electron chi connectivity index (χ0n) is 13.5. The first-order valence-electron chi connectivity index (χ1n) is 7.69. The average molecular weight is 341 g/mol. The topological polar surface area (TPSA) is 35.5 Å². The summed E-state index contributed by atoms with van der Waals surface area (Å²) in [6.07, 6.45) is 3.66.